The first kappa shape index (κ1) is 23.1. The van der Waals surface area contributed by atoms with Crippen LogP contribution in [0.4, 0.5) is 0 Å². The molecule has 5 nitrogen and oxygen atoms in total. The standard InChI is InChI=1S/C26H23N3O2.ClH/c1-29-18-28-16-24(29)26(31-17-19-8-4-3-5-9-19)20-12-13-21(15-27)23(14-20)22-10-6-7-11-25(22)30-2;/h3-14,16,18,26H,17H2,1-2H3;1H/t26-;/m1./s1. The lowest BCUT2D eigenvalue weighted by Gasteiger charge is -2.21. The third-order valence-electron chi connectivity index (χ3n) is 5.25. The Balaban J connectivity index is 0.00000289. The van der Waals surface area contributed by atoms with Crippen LogP contribution in [0, 0.1) is 11.3 Å². The Labute approximate surface area is 194 Å². The molecule has 4 rings (SSSR count). The van der Waals surface area contributed by atoms with Crippen molar-refractivity contribution >= 4 is 12.4 Å². The Morgan fingerprint density at radius 2 is 1.75 bits per heavy atom. The molecule has 0 N–H and O–H groups in total. The second-order valence-corrected chi connectivity index (χ2v) is 7.22. The maximum atomic E-state index is 9.72. The third-order valence-corrected chi connectivity index (χ3v) is 5.25. The molecule has 32 heavy (non-hydrogen) atoms. The second-order valence-electron chi connectivity index (χ2n) is 7.22. The van der Waals surface area contributed by atoms with Crippen LogP contribution < -0.4 is 4.74 Å². The molecule has 0 aliphatic carbocycles. The number of halogens is 1. The van der Waals surface area contributed by atoms with Crippen molar-refractivity contribution in [3.05, 3.63) is 108 Å². The molecule has 0 aliphatic heterocycles. The quantitative estimate of drug-likeness (QED) is 0.366. The van der Waals surface area contributed by atoms with Gasteiger partial charge in [-0.1, -0.05) is 54.6 Å². The Morgan fingerprint density at radius 1 is 1.00 bits per heavy atom. The highest BCUT2D eigenvalue weighted by atomic mass is 35.5. The number of nitrogens with zero attached hydrogens (tertiary/aromatic N) is 3. The molecule has 0 amide bonds. The van der Waals surface area contributed by atoms with E-state index in [1.165, 1.54) is 0 Å². The van der Waals surface area contributed by atoms with Crippen molar-refractivity contribution in [2.45, 2.75) is 12.7 Å². The van der Waals surface area contributed by atoms with Gasteiger partial charge in [0.25, 0.3) is 0 Å². The summed E-state index contributed by atoms with van der Waals surface area (Å²) in [4.78, 5) is 4.28. The molecule has 0 radical (unpaired) electrons. The van der Waals surface area contributed by atoms with Crippen LogP contribution in [-0.4, -0.2) is 16.7 Å². The molecule has 0 saturated carbocycles. The lowest BCUT2D eigenvalue weighted by Crippen LogP contribution is -2.11. The minimum atomic E-state index is -0.339. The zero-order valence-electron chi connectivity index (χ0n) is 17.9. The van der Waals surface area contributed by atoms with E-state index in [4.69, 9.17) is 9.47 Å². The van der Waals surface area contributed by atoms with E-state index in [1.54, 1.807) is 13.4 Å². The van der Waals surface area contributed by atoms with Crippen molar-refractivity contribution in [1.82, 2.24) is 9.55 Å². The highest BCUT2D eigenvalue weighted by Crippen LogP contribution is 2.36. The Hall–Kier alpha value is -3.59. The molecule has 162 valence electrons. The summed E-state index contributed by atoms with van der Waals surface area (Å²) in [6.07, 6.45) is 3.24. The first-order valence-corrected chi connectivity index (χ1v) is 10.0. The van der Waals surface area contributed by atoms with E-state index >= 15 is 0 Å². The van der Waals surface area contributed by atoms with Crippen LogP contribution in [0.1, 0.15) is 28.5 Å². The van der Waals surface area contributed by atoms with Crippen LogP contribution in [0.25, 0.3) is 11.1 Å². The molecule has 0 bridgehead atoms. The van der Waals surface area contributed by atoms with Gasteiger partial charge in [0.15, 0.2) is 0 Å². The molecule has 1 atom stereocenters. The zero-order chi connectivity index (χ0) is 21.6. The molecule has 6 heteroatoms. The second kappa shape index (κ2) is 10.6. The van der Waals surface area contributed by atoms with Crippen molar-refractivity contribution < 1.29 is 9.47 Å². The molecule has 4 aromatic rings. The molecule has 1 heterocycles. The van der Waals surface area contributed by atoms with Crippen LogP contribution in [0.5, 0.6) is 5.75 Å². The number of methoxy groups -OCH3 is 1. The van der Waals surface area contributed by atoms with E-state index in [0.717, 1.165) is 33.7 Å². The first-order chi connectivity index (χ1) is 15.2. The summed E-state index contributed by atoms with van der Waals surface area (Å²) in [6, 6.07) is 25.9. The molecule has 1 aromatic heterocycles. The molecule has 0 unspecified atom stereocenters. The maximum Gasteiger partial charge on any atom is 0.126 e. The lowest BCUT2D eigenvalue weighted by atomic mass is 9.94. The largest absolute Gasteiger partial charge is 0.496 e. The Bertz CT molecular complexity index is 1220. The number of aromatic nitrogens is 2. The highest BCUT2D eigenvalue weighted by Gasteiger charge is 2.21. The van der Waals surface area contributed by atoms with E-state index < -0.39 is 0 Å². The first-order valence-electron chi connectivity index (χ1n) is 10.0. The summed E-state index contributed by atoms with van der Waals surface area (Å²) in [6.45, 7) is 0.459. The molecule has 3 aromatic carbocycles. The minimum Gasteiger partial charge on any atom is -0.496 e. The molecule has 0 aliphatic rings. The number of benzene rings is 3. The van der Waals surface area contributed by atoms with Crippen molar-refractivity contribution in [2.75, 3.05) is 7.11 Å². The minimum absolute atomic E-state index is 0. The SMILES string of the molecule is COc1ccccc1-c1cc([C@@H](OCc2ccccc2)c2cncn2C)ccc1C#N.Cl. The van der Waals surface area contributed by atoms with Gasteiger partial charge in [-0.05, 0) is 29.3 Å². The fraction of sp³-hybridized carbons (Fsp3) is 0.154. The van der Waals surface area contributed by atoms with E-state index in [-0.39, 0.29) is 18.5 Å². The average molecular weight is 446 g/mol. The van der Waals surface area contributed by atoms with Gasteiger partial charge in [-0.25, -0.2) is 4.98 Å². The van der Waals surface area contributed by atoms with Crippen LogP contribution >= 0.6 is 12.4 Å². The van der Waals surface area contributed by atoms with Gasteiger partial charge in [-0.15, -0.1) is 12.4 Å². The predicted octanol–water partition coefficient (Wildman–Crippen LogP) is 5.70. The number of ether oxygens (including phenoxy) is 2. The number of aryl methyl sites for hydroxylation is 1. The number of hydrogen-bond acceptors (Lipinski definition) is 4. The summed E-state index contributed by atoms with van der Waals surface area (Å²) < 4.78 is 13.9. The van der Waals surface area contributed by atoms with Gasteiger partial charge in [-0.2, -0.15) is 5.26 Å². The van der Waals surface area contributed by atoms with Gasteiger partial charge in [0.2, 0.25) is 0 Å². The Kier molecular flexibility index (Phi) is 7.67. The fourth-order valence-corrected chi connectivity index (χ4v) is 3.64. The normalized spacial score (nSPS) is 11.3. The van der Waals surface area contributed by atoms with Gasteiger partial charge in [-0.3, -0.25) is 0 Å². The van der Waals surface area contributed by atoms with Crippen molar-refractivity contribution in [3.63, 3.8) is 0 Å². The summed E-state index contributed by atoms with van der Waals surface area (Å²) in [7, 11) is 3.59. The van der Waals surface area contributed by atoms with Gasteiger partial charge < -0.3 is 14.0 Å². The molecule has 0 fully saturated rings. The molecular formula is C26H24ClN3O2. The number of para-hydroxylation sites is 1. The van der Waals surface area contributed by atoms with E-state index in [0.29, 0.717) is 12.2 Å². The number of rotatable bonds is 7. The van der Waals surface area contributed by atoms with Crippen LogP contribution in [-0.2, 0) is 18.4 Å². The number of imidazole rings is 1. The lowest BCUT2D eigenvalue weighted by molar-refractivity contribution is 0.0622. The maximum absolute atomic E-state index is 9.72. The topological polar surface area (TPSA) is 60.1 Å². The van der Waals surface area contributed by atoms with Crippen molar-refractivity contribution in [3.8, 4) is 22.9 Å². The van der Waals surface area contributed by atoms with Gasteiger partial charge in [0.05, 0.1) is 43.6 Å². The van der Waals surface area contributed by atoms with Crippen LogP contribution in [0.2, 0.25) is 0 Å². The molecule has 0 spiro atoms. The summed E-state index contributed by atoms with van der Waals surface area (Å²) in [5.74, 6) is 0.721. The Morgan fingerprint density at radius 3 is 2.44 bits per heavy atom. The summed E-state index contributed by atoms with van der Waals surface area (Å²) in [5, 5.41) is 9.72. The fourth-order valence-electron chi connectivity index (χ4n) is 3.64. The van der Waals surface area contributed by atoms with Crippen molar-refractivity contribution in [1.29, 1.82) is 5.26 Å². The number of hydrogen-bond donors (Lipinski definition) is 0. The summed E-state index contributed by atoms with van der Waals surface area (Å²) >= 11 is 0. The predicted molar refractivity (Wildman–Crippen MR) is 127 cm³/mol. The molecular weight excluding hydrogens is 422 g/mol. The smallest absolute Gasteiger partial charge is 0.126 e. The van der Waals surface area contributed by atoms with Crippen molar-refractivity contribution in [2.24, 2.45) is 7.05 Å². The number of nitriles is 1. The third kappa shape index (κ3) is 4.83. The highest BCUT2D eigenvalue weighted by molar-refractivity contribution is 5.85. The monoisotopic (exact) mass is 445 g/mol. The summed E-state index contributed by atoms with van der Waals surface area (Å²) in [5.41, 5.74) is 5.24. The van der Waals surface area contributed by atoms with Crippen LogP contribution in [0.3, 0.4) is 0 Å². The van der Waals surface area contributed by atoms with Gasteiger partial charge in [0, 0.05) is 18.2 Å². The van der Waals surface area contributed by atoms with E-state index in [2.05, 4.69) is 11.1 Å². The molecule has 0 saturated heterocycles. The average Bonchev–Trinajstić information content (AvgIpc) is 3.25. The van der Waals surface area contributed by atoms with Gasteiger partial charge >= 0.3 is 0 Å². The zero-order valence-corrected chi connectivity index (χ0v) is 18.8. The van der Waals surface area contributed by atoms with E-state index in [9.17, 15) is 5.26 Å². The van der Waals surface area contributed by atoms with E-state index in [1.807, 2.05) is 90.6 Å². The van der Waals surface area contributed by atoms with Gasteiger partial charge in [0.1, 0.15) is 11.9 Å². The van der Waals surface area contributed by atoms with Crippen LogP contribution in [0.15, 0.2) is 85.3 Å².